The molecule has 1 aliphatic rings. The van der Waals surface area contributed by atoms with E-state index < -0.39 is 0 Å². The van der Waals surface area contributed by atoms with E-state index in [9.17, 15) is 9.59 Å². The lowest BCUT2D eigenvalue weighted by Crippen LogP contribution is -2.48. The van der Waals surface area contributed by atoms with Crippen molar-refractivity contribution in [3.05, 3.63) is 77.9 Å². The molecule has 194 valence electrons. The van der Waals surface area contributed by atoms with Gasteiger partial charge in [0.25, 0.3) is 11.8 Å². The molecule has 1 N–H and O–H groups in total. The molecule has 37 heavy (non-hydrogen) atoms. The van der Waals surface area contributed by atoms with Gasteiger partial charge in [0, 0.05) is 49.2 Å². The minimum Gasteiger partial charge on any atom is -0.497 e. The van der Waals surface area contributed by atoms with Gasteiger partial charge in [-0.1, -0.05) is 19.1 Å². The summed E-state index contributed by atoms with van der Waals surface area (Å²) in [4.78, 5) is 29.4. The lowest BCUT2D eigenvalue weighted by Gasteiger charge is -2.36. The van der Waals surface area contributed by atoms with Crippen molar-refractivity contribution >= 4 is 23.2 Å². The van der Waals surface area contributed by atoms with Crippen LogP contribution in [0.25, 0.3) is 0 Å². The van der Waals surface area contributed by atoms with Crippen LogP contribution in [0, 0.1) is 0 Å². The Bertz CT molecular complexity index is 1180. The summed E-state index contributed by atoms with van der Waals surface area (Å²) in [5.41, 5.74) is 3.52. The summed E-state index contributed by atoms with van der Waals surface area (Å²) >= 11 is 0. The number of methoxy groups -OCH3 is 2. The van der Waals surface area contributed by atoms with Crippen molar-refractivity contribution in [2.45, 2.75) is 13.3 Å². The number of amides is 2. The molecule has 0 atom stereocenters. The van der Waals surface area contributed by atoms with Gasteiger partial charge >= 0.3 is 0 Å². The minimum atomic E-state index is -0.214. The van der Waals surface area contributed by atoms with Gasteiger partial charge in [-0.15, -0.1) is 0 Å². The highest BCUT2D eigenvalue weighted by Crippen LogP contribution is 2.25. The predicted molar refractivity (Wildman–Crippen MR) is 144 cm³/mol. The summed E-state index contributed by atoms with van der Waals surface area (Å²) in [7, 11) is 3.14. The fourth-order valence-corrected chi connectivity index (χ4v) is 4.20. The van der Waals surface area contributed by atoms with Crippen molar-refractivity contribution < 1.29 is 23.8 Å². The third kappa shape index (κ3) is 6.73. The summed E-state index contributed by atoms with van der Waals surface area (Å²) in [5, 5.41) is 2.87. The number of hydrogen-bond acceptors (Lipinski definition) is 6. The molecule has 0 radical (unpaired) electrons. The van der Waals surface area contributed by atoms with E-state index in [2.05, 4.69) is 17.1 Å². The molecule has 0 aromatic heterocycles. The number of benzene rings is 3. The van der Waals surface area contributed by atoms with E-state index in [0.717, 1.165) is 12.1 Å². The first kappa shape index (κ1) is 25.9. The van der Waals surface area contributed by atoms with Gasteiger partial charge in [-0.25, -0.2) is 0 Å². The third-order valence-electron chi connectivity index (χ3n) is 6.38. The van der Waals surface area contributed by atoms with E-state index in [1.807, 2.05) is 53.4 Å². The fraction of sp³-hybridized carbons (Fsp3) is 0.310. The highest BCUT2D eigenvalue weighted by Gasteiger charge is 2.23. The van der Waals surface area contributed by atoms with Crippen LogP contribution in [-0.4, -0.2) is 63.7 Å². The molecule has 4 rings (SSSR count). The number of carbonyl (C=O) groups excluding carboxylic acids is 2. The molecule has 8 nitrogen and oxygen atoms in total. The fourth-order valence-electron chi connectivity index (χ4n) is 4.20. The van der Waals surface area contributed by atoms with E-state index in [4.69, 9.17) is 14.2 Å². The minimum absolute atomic E-state index is 0.0431. The smallest absolute Gasteiger partial charge is 0.262 e. The lowest BCUT2D eigenvalue weighted by atomic mass is 10.1. The van der Waals surface area contributed by atoms with Crippen LogP contribution < -0.4 is 24.4 Å². The topological polar surface area (TPSA) is 80.3 Å². The van der Waals surface area contributed by atoms with Crippen LogP contribution in [-0.2, 0) is 11.2 Å². The highest BCUT2D eigenvalue weighted by atomic mass is 16.5. The Hall–Kier alpha value is -4.20. The monoisotopic (exact) mass is 503 g/mol. The zero-order valence-electron chi connectivity index (χ0n) is 21.5. The molecule has 0 saturated carbocycles. The Labute approximate surface area is 217 Å². The molecule has 2 amide bonds. The number of hydrogen-bond donors (Lipinski definition) is 1. The molecule has 8 heteroatoms. The second-order valence-electron chi connectivity index (χ2n) is 8.76. The standard InChI is InChI=1S/C29H33N3O5/c1-4-21-5-11-25(12-6-21)37-20-28(33)30-23-7-9-24(10-8-23)31-13-15-32(16-14-31)29(34)22-17-26(35-2)19-27(18-22)36-3/h5-12,17-19H,4,13-16,20H2,1-3H3,(H,30,33). The molecule has 1 saturated heterocycles. The van der Waals surface area contributed by atoms with Crippen LogP contribution in [0.3, 0.4) is 0 Å². The van der Waals surface area contributed by atoms with Crippen molar-refractivity contribution in [3.63, 3.8) is 0 Å². The summed E-state index contributed by atoms with van der Waals surface area (Å²) in [5.74, 6) is 1.59. The van der Waals surface area contributed by atoms with Crippen LogP contribution in [0.4, 0.5) is 11.4 Å². The number of aryl methyl sites for hydroxylation is 1. The number of nitrogens with one attached hydrogen (secondary N) is 1. The van der Waals surface area contributed by atoms with Crippen molar-refractivity contribution in [3.8, 4) is 17.2 Å². The summed E-state index contributed by atoms with van der Waals surface area (Å²) in [6, 6.07) is 20.7. The normalized spacial score (nSPS) is 13.2. The number of piperazine rings is 1. The van der Waals surface area contributed by atoms with Gasteiger partial charge in [0.1, 0.15) is 17.2 Å². The number of rotatable bonds is 9. The quantitative estimate of drug-likeness (QED) is 0.470. The molecular formula is C29H33N3O5. The molecule has 3 aromatic carbocycles. The van der Waals surface area contributed by atoms with E-state index in [1.165, 1.54) is 5.56 Å². The molecule has 1 aliphatic heterocycles. The van der Waals surface area contributed by atoms with Crippen molar-refractivity contribution in [2.75, 3.05) is 57.2 Å². The van der Waals surface area contributed by atoms with Gasteiger partial charge in [-0.05, 0) is 60.5 Å². The number of anilines is 2. The maximum absolute atomic E-state index is 13.0. The van der Waals surface area contributed by atoms with Crippen LogP contribution in [0.2, 0.25) is 0 Å². The van der Waals surface area contributed by atoms with Crippen molar-refractivity contribution in [2.24, 2.45) is 0 Å². The van der Waals surface area contributed by atoms with E-state index in [1.54, 1.807) is 32.4 Å². The number of ether oxygens (including phenoxy) is 3. The molecule has 0 spiro atoms. The highest BCUT2D eigenvalue weighted by molar-refractivity contribution is 5.95. The molecule has 0 aliphatic carbocycles. The zero-order valence-corrected chi connectivity index (χ0v) is 21.5. The van der Waals surface area contributed by atoms with Crippen LogP contribution in [0.15, 0.2) is 66.7 Å². The molecule has 0 bridgehead atoms. The first-order valence-electron chi connectivity index (χ1n) is 12.4. The number of carbonyl (C=O) groups is 2. The molecule has 3 aromatic rings. The van der Waals surface area contributed by atoms with Gasteiger partial charge in [0.2, 0.25) is 0 Å². The SMILES string of the molecule is CCc1ccc(OCC(=O)Nc2ccc(N3CCN(C(=O)c4cc(OC)cc(OC)c4)CC3)cc2)cc1. The Morgan fingerprint density at radius 2 is 1.43 bits per heavy atom. The second kappa shape index (κ2) is 12.2. The Balaban J connectivity index is 1.27. The van der Waals surface area contributed by atoms with Crippen molar-refractivity contribution in [1.82, 2.24) is 4.90 Å². The Kier molecular flexibility index (Phi) is 8.51. The Morgan fingerprint density at radius 1 is 0.811 bits per heavy atom. The molecular weight excluding hydrogens is 470 g/mol. The summed E-state index contributed by atoms with van der Waals surface area (Å²) < 4.78 is 16.2. The van der Waals surface area contributed by atoms with Crippen LogP contribution >= 0.6 is 0 Å². The largest absolute Gasteiger partial charge is 0.497 e. The lowest BCUT2D eigenvalue weighted by molar-refractivity contribution is -0.118. The first-order valence-corrected chi connectivity index (χ1v) is 12.4. The third-order valence-corrected chi connectivity index (χ3v) is 6.38. The van der Waals surface area contributed by atoms with Gasteiger partial charge in [0.15, 0.2) is 6.61 Å². The van der Waals surface area contributed by atoms with Gasteiger partial charge in [-0.2, -0.15) is 0 Å². The second-order valence-corrected chi connectivity index (χ2v) is 8.76. The van der Waals surface area contributed by atoms with Gasteiger partial charge in [-0.3, -0.25) is 9.59 Å². The molecule has 1 heterocycles. The average Bonchev–Trinajstić information content (AvgIpc) is 2.96. The first-order chi connectivity index (χ1) is 18.0. The van der Waals surface area contributed by atoms with E-state index >= 15 is 0 Å². The summed E-state index contributed by atoms with van der Waals surface area (Å²) in [6.45, 7) is 4.67. The van der Waals surface area contributed by atoms with Crippen LogP contribution in [0.5, 0.6) is 17.2 Å². The Morgan fingerprint density at radius 3 is 2.00 bits per heavy atom. The number of nitrogens with zero attached hydrogens (tertiary/aromatic N) is 2. The predicted octanol–water partition coefficient (Wildman–Crippen LogP) is 4.25. The van der Waals surface area contributed by atoms with Gasteiger partial charge in [0.05, 0.1) is 14.2 Å². The maximum Gasteiger partial charge on any atom is 0.262 e. The van der Waals surface area contributed by atoms with Crippen molar-refractivity contribution in [1.29, 1.82) is 0 Å². The molecule has 1 fully saturated rings. The average molecular weight is 504 g/mol. The molecule has 0 unspecified atom stereocenters. The van der Waals surface area contributed by atoms with E-state index in [-0.39, 0.29) is 18.4 Å². The zero-order chi connectivity index (χ0) is 26.2. The summed E-state index contributed by atoms with van der Waals surface area (Å²) in [6.07, 6.45) is 0.962. The van der Waals surface area contributed by atoms with Gasteiger partial charge < -0.3 is 29.3 Å². The van der Waals surface area contributed by atoms with Crippen LogP contribution in [0.1, 0.15) is 22.8 Å². The van der Waals surface area contributed by atoms with E-state index in [0.29, 0.717) is 54.7 Å². The maximum atomic E-state index is 13.0.